The van der Waals surface area contributed by atoms with Gasteiger partial charge in [-0.15, -0.1) is 11.3 Å². The van der Waals surface area contributed by atoms with Crippen molar-refractivity contribution in [3.05, 3.63) is 79.2 Å². The summed E-state index contributed by atoms with van der Waals surface area (Å²) in [4.78, 5) is 28.7. The number of benzene rings is 2. The van der Waals surface area contributed by atoms with E-state index in [4.69, 9.17) is 27.9 Å². The molecular weight excluding hydrogens is 469 g/mol. The Kier molecular flexibility index (Phi) is 8.50. The van der Waals surface area contributed by atoms with Gasteiger partial charge in [-0.05, 0) is 61.7 Å². The second kappa shape index (κ2) is 11.3. The first-order chi connectivity index (χ1) is 15.3. The zero-order chi connectivity index (χ0) is 23.1. The molecule has 0 spiro atoms. The van der Waals surface area contributed by atoms with Crippen LogP contribution in [0.4, 0.5) is 0 Å². The van der Waals surface area contributed by atoms with Gasteiger partial charge in [0.25, 0.3) is 11.8 Å². The molecule has 0 aliphatic rings. The summed E-state index contributed by atoms with van der Waals surface area (Å²) in [5.74, 6) is 0.282. The maximum absolute atomic E-state index is 12.3. The van der Waals surface area contributed by atoms with E-state index in [1.165, 1.54) is 17.4 Å². The number of aromatic nitrogens is 1. The molecule has 2 amide bonds. The van der Waals surface area contributed by atoms with Gasteiger partial charge < -0.3 is 15.4 Å². The van der Waals surface area contributed by atoms with Crippen molar-refractivity contribution in [2.24, 2.45) is 0 Å². The van der Waals surface area contributed by atoms with Crippen LogP contribution in [0, 0.1) is 13.8 Å². The topological polar surface area (TPSA) is 80.3 Å². The molecule has 1 heterocycles. The van der Waals surface area contributed by atoms with Crippen LogP contribution in [0.1, 0.15) is 43.4 Å². The number of carbonyl (C=O) groups excluding carboxylic acids is 2. The zero-order valence-electron chi connectivity index (χ0n) is 17.7. The first kappa shape index (κ1) is 24.0. The fourth-order valence-corrected chi connectivity index (χ4v) is 3.95. The second-order valence-corrected chi connectivity index (χ2v) is 8.99. The van der Waals surface area contributed by atoms with Crippen LogP contribution in [0.2, 0.25) is 10.0 Å². The van der Waals surface area contributed by atoms with Crippen molar-refractivity contribution < 1.29 is 14.3 Å². The second-order valence-electron chi connectivity index (χ2n) is 7.23. The van der Waals surface area contributed by atoms with E-state index in [0.717, 1.165) is 21.9 Å². The van der Waals surface area contributed by atoms with Crippen molar-refractivity contribution in [1.82, 2.24) is 15.6 Å². The summed E-state index contributed by atoms with van der Waals surface area (Å²) in [6, 6.07) is 10.7. The number of thiazole rings is 1. The van der Waals surface area contributed by atoms with Gasteiger partial charge in [0.2, 0.25) is 0 Å². The molecule has 32 heavy (non-hydrogen) atoms. The quantitative estimate of drug-likeness (QED) is 0.403. The third-order valence-corrected chi connectivity index (χ3v) is 6.01. The molecule has 0 atom stereocenters. The average Bonchev–Trinajstić information content (AvgIpc) is 3.22. The summed E-state index contributed by atoms with van der Waals surface area (Å²) >= 11 is 13.2. The minimum absolute atomic E-state index is 0.247. The Morgan fingerprint density at radius 3 is 2.34 bits per heavy atom. The number of carbonyl (C=O) groups is 2. The van der Waals surface area contributed by atoms with E-state index in [0.29, 0.717) is 47.4 Å². The molecule has 0 saturated heterocycles. The van der Waals surface area contributed by atoms with E-state index in [1.807, 2.05) is 26.0 Å². The smallest absolute Gasteiger partial charge is 0.270 e. The largest absolute Gasteiger partial charge is 0.486 e. The third kappa shape index (κ3) is 6.95. The van der Waals surface area contributed by atoms with Gasteiger partial charge in [0.05, 0.1) is 10.0 Å². The molecule has 0 bridgehead atoms. The summed E-state index contributed by atoms with van der Waals surface area (Å²) in [7, 11) is 0. The summed E-state index contributed by atoms with van der Waals surface area (Å²) < 4.78 is 5.79. The Labute approximate surface area is 200 Å². The molecule has 0 aliphatic carbocycles. The maximum atomic E-state index is 12.3. The third-order valence-electron chi connectivity index (χ3n) is 4.45. The Bertz CT molecular complexity index is 1100. The highest BCUT2D eigenvalue weighted by molar-refractivity contribution is 7.09. The fraction of sp³-hybridized carbons (Fsp3) is 0.261. The standard InChI is InChI=1S/C23H23Cl2N3O3S/c1-14-8-15(2)10-17(9-14)31-12-21-28-20(13-32-21)23(30)27-7-3-6-26-22(29)16-4-5-18(24)19(25)11-16/h4-5,8-11,13H,3,6-7,12H2,1-2H3,(H,26,29)(H,27,30). The molecule has 0 fully saturated rings. The van der Waals surface area contributed by atoms with Crippen LogP contribution < -0.4 is 15.4 Å². The van der Waals surface area contributed by atoms with Gasteiger partial charge in [-0.3, -0.25) is 9.59 Å². The Balaban J connectivity index is 1.38. The molecule has 0 aliphatic heterocycles. The van der Waals surface area contributed by atoms with Crippen molar-refractivity contribution in [2.45, 2.75) is 26.9 Å². The molecule has 6 nitrogen and oxygen atoms in total. The van der Waals surface area contributed by atoms with E-state index < -0.39 is 0 Å². The van der Waals surface area contributed by atoms with Gasteiger partial charge in [0, 0.05) is 24.0 Å². The lowest BCUT2D eigenvalue weighted by Gasteiger charge is -2.07. The minimum Gasteiger partial charge on any atom is -0.486 e. The van der Waals surface area contributed by atoms with Crippen molar-refractivity contribution in [2.75, 3.05) is 13.1 Å². The number of aryl methyl sites for hydroxylation is 2. The highest BCUT2D eigenvalue weighted by atomic mass is 35.5. The maximum Gasteiger partial charge on any atom is 0.270 e. The lowest BCUT2D eigenvalue weighted by atomic mass is 10.1. The molecule has 0 saturated carbocycles. The Morgan fingerprint density at radius 2 is 1.66 bits per heavy atom. The monoisotopic (exact) mass is 491 g/mol. The first-order valence-electron chi connectivity index (χ1n) is 9.99. The number of halogens is 2. The van der Waals surface area contributed by atoms with E-state index in [2.05, 4.69) is 21.7 Å². The van der Waals surface area contributed by atoms with Gasteiger partial charge in [-0.25, -0.2) is 4.98 Å². The predicted octanol–water partition coefficient (Wildman–Crippen LogP) is 5.20. The molecule has 2 N–H and O–H groups in total. The molecule has 2 aromatic carbocycles. The molecule has 1 aromatic heterocycles. The van der Waals surface area contributed by atoms with Crippen LogP contribution in [0.25, 0.3) is 0 Å². The first-order valence-corrected chi connectivity index (χ1v) is 11.6. The number of amides is 2. The SMILES string of the molecule is Cc1cc(C)cc(OCc2nc(C(=O)NCCCNC(=O)c3ccc(Cl)c(Cl)c3)cs2)c1. The fourth-order valence-electron chi connectivity index (χ4n) is 2.96. The molecule has 168 valence electrons. The van der Waals surface area contributed by atoms with Gasteiger partial charge in [-0.1, -0.05) is 29.3 Å². The number of ether oxygens (including phenoxy) is 1. The van der Waals surface area contributed by atoms with Crippen molar-refractivity contribution >= 4 is 46.4 Å². The number of rotatable bonds is 9. The lowest BCUT2D eigenvalue weighted by Crippen LogP contribution is -2.30. The lowest BCUT2D eigenvalue weighted by molar-refractivity contribution is 0.0948. The van der Waals surface area contributed by atoms with Crippen LogP contribution in [-0.2, 0) is 6.61 Å². The molecule has 3 rings (SSSR count). The van der Waals surface area contributed by atoms with Crippen LogP contribution in [-0.4, -0.2) is 29.9 Å². The van der Waals surface area contributed by atoms with E-state index >= 15 is 0 Å². The molecule has 0 unspecified atom stereocenters. The summed E-state index contributed by atoms with van der Waals surface area (Å²) in [5.41, 5.74) is 3.05. The van der Waals surface area contributed by atoms with Crippen LogP contribution in [0.3, 0.4) is 0 Å². The Hall–Kier alpha value is -2.61. The van der Waals surface area contributed by atoms with Crippen molar-refractivity contribution in [3.63, 3.8) is 0 Å². The summed E-state index contributed by atoms with van der Waals surface area (Å²) in [5, 5.41) is 8.75. The van der Waals surface area contributed by atoms with E-state index in [1.54, 1.807) is 17.5 Å². The summed E-state index contributed by atoms with van der Waals surface area (Å²) in [6.07, 6.45) is 0.575. The van der Waals surface area contributed by atoms with Crippen LogP contribution in [0.15, 0.2) is 41.8 Å². The highest BCUT2D eigenvalue weighted by Crippen LogP contribution is 2.22. The van der Waals surface area contributed by atoms with Gasteiger partial charge in [0.1, 0.15) is 23.1 Å². The van der Waals surface area contributed by atoms with Gasteiger partial charge in [0.15, 0.2) is 0 Å². The van der Waals surface area contributed by atoms with Gasteiger partial charge in [-0.2, -0.15) is 0 Å². The minimum atomic E-state index is -0.255. The molecular formula is C23H23Cl2N3O3S. The van der Waals surface area contributed by atoms with Crippen molar-refractivity contribution in [1.29, 1.82) is 0 Å². The number of hydrogen-bond donors (Lipinski definition) is 2. The summed E-state index contributed by atoms with van der Waals surface area (Å²) in [6.45, 7) is 5.16. The zero-order valence-corrected chi connectivity index (χ0v) is 20.0. The number of nitrogens with zero attached hydrogens (tertiary/aromatic N) is 1. The van der Waals surface area contributed by atoms with Gasteiger partial charge >= 0.3 is 0 Å². The van der Waals surface area contributed by atoms with Crippen molar-refractivity contribution in [3.8, 4) is 5.75 Å². The van der Waals surface area contributed by atoms with Crippen LogP contribution >= 0.6 is 34.5 Å². The van der Waals surface area contributed by atoms with E-state index in [9.17, 15) is 9.59 Å². The van der Waals surface area contributed by atoms with E-state index in [-0.39, 0.29) is 11.8 Å². The number of hydrogen-bond acceptors (Lipinski definition) is 5. The molecule has 9 heteroatoms. The molecule has 3 aromatic rings. The number of nitrogens with one attached hydrogen (secondary N) is 2. The Morgan fingerprint density at radius 1 is 0.969 bits per heavy atom. The average molecular weight is 492 g/mol. The van der Waals surface area contributed by atoms with Crippen LogP contribution in [0.5, 0.6) is 5.75 Å². The molecule has 0 radical (unpaired) electrons. The predicted molar refractivity (Wildman–Crippen MR) is 128 cm³/mol. The highest BCUT2D eigenvalue weighted by Gasteiger charge is 2.11. The normalized spacial score (nSPS) is 10.6.